The minimum atomic E-state index is -0.911. The van der Waals surface area contributed by atoms with Crippen LogP contribution in [0, 0.1) is 6.92 Å². The number of phenols is 1. The maximum atomic E-state index is 13.6. The molecular formula is C27H24N2O3S. The van der Waals surface area contributed by atoms with Gasteiger partial charge in [-0.15, -0.1) is 11.3 Å². The highest BCUT2D eigenvalue weighted by Gasteiger charge is 2.28. The highest BCUT2D eigenvalue weighted by Crippen LogP contribution is 2.27. The fourth-order valence-electron chi connectivity index (χ4n) is 3.62. The predicted octanol–water partition coefficient (Wildman–Crippen LogP) is 5.14. The van der Waals surface area contributed by atoms with Crippen molar-refractivity contribution in [1.29, 1.82) is 0 Å². The zero-order valence-electron chi connectivity index (χ0n) is 18.1. The van der Waals surface area contributed by atoms with Crippen molar-refractivity contribution in [2.24, 2.45) is 0 Å². The zero-order valence-corrected chi connectivity index (χ0v) is 18.9. The molecule has 1 unspecified atom stereocenters. The van der Waals surface area contributed by atoms with E-state index in [9.17, 15) is 14.7 Å². The average Bonchev–Trinajstić information content (AvgIpc) is 3.28. The average molecular weight is 457 g/mol. The van der Waals surface area contributed by atoms with Crippen molar-refractivity contribution in [1.82, 2.24) is 10.6 Å². The molecule has 166 valence electrons. The number of hydrogen-bond donors (Lipinski definition) is 3. The molecule has 2 amide bonds. The molecule has 33 heavy (non-hydrogen) atoms. The Balaban J connectivity index is 1.65. The summed E-state index contributed by atoms with van der Waals surface area (Å²) in [6.45, 7) is 1.95. The molecule has 0 spiro atoms. The first kappa shape index (κ1) is 22.3. The molecule has 6 heteroatoms. The van der Waals surface area contributed by atoms with Crippen molar-refractivity contribution in [3.63, 3.8) is 0 Å². The van der Waals surface area contributed by atoms with Crippen LogP contribution in [0.1, 0.15) is 43.3 Å². The predicted molar refractivity (Wildman–Crippen MR) is 130 cm³/mol. The molecule has 4 aromatic rings. The van der Waals surface area contributed by atoms with Gasteiger partial charge in [-0.1, -0.05) is 72.8 Å². The number of rotatable bonds is 7. The lowest BCUT2D eigenvalue weighted by molar-refractivity contribution is -0.123. The highest BCUT2D eigenvalue weighted by molar-refractivity contribution is 7.12. The van der Waals surface area contributed by atoms with Crippen LogP contribution in [-0.2, 0) is 4.79 Å². The standard InChI is InChI=1S/C27H24N2O3S/c1-18-16-17-23(33-18)25(29-26(31)21-14-8-9-15-22(21)30)27(32)28-24(19-10-4-2-5-11-19)20-12-6-3-7-13-20/h2-17,24-25,30H,1H3,(H,28,32)(H,29,31). The third kappa shape index (κ3) is 5.30. The molecule has 3 aromatic carbocycles. The van der Waals surface area contributed by atoms with E-state index in [1.165, 1.54) is 23.5 Å². The first-order valence-corrected chi connectivity index (χ1v) is 11.4. The lowest BCUT2D eigenvalue weighted by Crippen LogP contribution is -2.41. The molecule has 0 saturated heterocycles. The van der Waals surface area contributed by atoms with Crippen molar-refractivity contribution in [2.45, 2.75) is 19.0 Å². The van der Waals surface area contributed by atoms with E-state index in [1.54, 1.807) is 12.1 Å². The van der Waals surface area contributed by atoms with Gasteiger partial charge in [-0.2, -0.15) is 0 Å². The Hall–Kier alpha value is -3.90. The lowest BCUT2D eigenvalue weighted by Gasteiger charge is -2.24. The van der Waals surface area contributed by atoms with E-state index < -0.39 is 11.9 Å². The summed E-state index contributed by atoms with van der Waals surface area (Å²) in [5.74, 6) is -0.989. The summed E-state index contributed by atoms with van der Waals surface area (Å²) < 4.78 is 0. The monoisotopic (exact) mass is 456 g/mol. The van der Waals surface area contributed by atoms with Crippen molar-refractivity contribution >= 4 is 23.2 Å². The number of para-hydroxylation sites is 1. The summed E-state index contributed by atoms with van der Waals surface area (Å²) in [4.78, 5) is 28.3. The minimum absolute atomic E-state index is 0.117. The van der Waals surface area contributed by atoms with Crippen LogP contribution in [0.3, 0.4) is 0 Å². The number of benzene rings is 3. The Morgan fingerprint density at radius 2 is 1.33 bits per heavy atom. The van der Waals surface area contributed by atoms with Crippen LogP contribution in [0.2, 0.25) is 0 Å². The molecule has 5 nitrogen and oxygen atoms in total. The Morgan fingerprint density at radius 1 is 0.758 bits per heavy atom. The first-order chi connectivity index (χ1) is 16.0. The largest absolute Gasteiger partial charge is 0.507 e. The van der Waals surface area contributed by atoms with Crippen LogP contribution in [0.5, 0.6) is 5.75 Å². The van der Waals surface area contributed by atoms with Gasteiger partial charge in [-0.25, -0.2) is 0 Å². The molecular weight excluding hydrogens is 432 g/mol. The molecule has 0 fully saturated rings. The van der Waals surface area contributed by atoms with Gasteiger partial charge in [0.25, 0.3) is 5.91 Å². The van der Waals surface area contributed by atoms with E-state index in [0.29, 0.717) is 4.88 Å². The van der Waals surface area contributed by atoms with Crippen molar-refractivity contribution in [3.8, 4) is 5.75 Å². The van der Waals surface area contributed by atoms with Crippen LogP contribution in [0.25, 0.3) is 0 Å². The van der Waals surface area contributed by atoms with Gasteiger partial charge in [0.2, 0.25) is 5.91 Å². The number of thiophene rings is 1. The maximum Gasteiger partial charge on any atom is 0.255 e. The van der Waals surface area contributed by atoms with E-state index >= 15 is 0 Å². The van der Waals surface area contributed by atoms with E-state index in [-0.39, 0.29) is 23.3 Å². The van der Waals surface area contributed by atoms with E-state index in [2.05, 4.69) is 10.6 Å². The molecule has 0 aliphatic heterocycles. The summed E-state index contributed by atoms with van der Waals surface area (Å²) in [7, 11) is 0. The molecule has 3 N–H and O–H groups in total. The van der Waals surface area contributed by atoms with Crippen molar-refractivity contribution < 1.29 is 14.7 Å². The van der Waals surface area contributed by atoms with Gasteiger partial charge in [0.15, 0.2) is 0 Å². The maximum absolute atomic E-state index is 13.6. The molecule has 0 saturated carbocycles. The number of aromatic hydroxyl groups is 1. The van der Waals surface area contributed by atoms with E-state index in [4.69, 9.17) is 0 Å². The van der Waals surface area contributed by atoms with Crippen LogP contribution < -0.4 is 10.6 Å². The Labute approximate surface area is 196 Å². The van der Waals surface area contributed by atoms with Gasteiger partial charge >= 0.3 is 0 Å². The zero-order chi connectivity index (χ0) is 23.2. The molecule has 1 aromatic heterocycles. The van der Waals surface area contributed by atoms with Crippen LogP contribution in [0.15, 0.2) is 97.1 Å². The normalized spacial score (nSPS) is 11.7. The fraction of sp³-hybridized carbons (Fsp3) is 0.111. The summed E-state index contributed by atoms with van der Waals surface area (Å²) in [6.07, 6.45) is 0. The molecule has 0 aliphatic carbocycles. The van der Waals surface area contributed by atoms with Gasteiger partial charge in [-0.3, -0.25) is 9.59 Å². The molecule has 0 bridgehead atoms. The van der Waals surface area contributed by atoms with Crippen molar-refractivity contribution in [2.75, 3.05) is 0 Å². The Morgan fingerprint density at radius 3 is 1.88 bits per heavy atom. The SMILES string of the molecule is Cc1ccc(C(NC(=O)c2ccccc2O)C(=O)NC(c2ccccc2)c2ccccc2)s1. The van der Waals surface area contributed by atoms with Crippen molar-refractivity contribution in [3.05, 3.63) is 124 Å². The number of carbonyl (C=O) groups excluding carboxylic acids is 2. The third-order valence-electron chi connectivity index (χ3n) is 5.28. The van der Waals surface area contributed by atoms with Crippen LogP contribution in [0.4, 0.5) is 0 Å². The van der Waals surface area contributed by atoms with Gasteiger partial charge in [-0.05, 0) is 42.3 Å². The first-order valence-electron chi connectivity index (χ1n) is 10.6. The second kappa shape index (κ2) is 10.1. The third-order valence-corrected chi connectivity index (χ3v) is 6.35. The molecule has 1 atom stereocenters. The number of carbonyl (C=O) groups is 2. The van der Waals surface area contributed by atoms with Gasteiger partial charge in [0, 0.05) is 9.75 Å². The topological polar surface area (TPSA) is 78.4 Å². The minimum Gasteiger partial charge on any atom is -0.507 e. The van der Waals surface area contributed by atoms with E-state index in [1.807, 2.05) is 79.7 Å². The molecule has 1 heterocycles. The number of aryl methyl sites for hydroxylation is 1. The number of amides is 2. The van der Waals surface area contributed by atoms with E-state index in [0.717, 1.165) is 16.0 Å². The molecule has 0 radical (unpaired) electrons. The summed E-state index contributed by atoms with van der Waals surface area (Å²) >= 11 is 1.45. The summed E-state index contributed by atoms with van der Waals surface area (Å²) in [5.41, 5.74) is 1.99. The second-order valence-electron chi connectivity index (χ2n) is 7.64. The second-order valence-corrected chi connectivity index (χ2v) is 8.95. The Kier molecular flexibility index (Phi) is 6.86. The lowest BCUT2D eigenvalue weighted by atomic mass is 9.98. The Bertz CT molecular complexity index is 1200. The number of nitrogens with one attached hydrogen (secondary N) is 2. The molecule has 0 aliphatic rings. The quantitative estimate of drug-likeness (QED) is 0.360. The highest BCUT2D eigenvalue weighted by atomic mass is 32.1. The summed E-state index contributed by atoms with van der Waals surface area (Å²) in [5, 5.41) is 16.0. The molecule has 4 rings (SSSR count). The number of phenolic OH excluding ortho intramolecular Hbond substituents is 1. The van der Waals surface area contributed by atoms with Gasteiger partial charge in [0.05, 0.1) is 11.6 Å². The number of hydrogen-bond acceptors (Lipinski definition) is 4. The van der Waals surface area contributed by atoms with Crippen LogP contribution in [-0.4, -0.2) is 16.9 Å². The van der Waals surface area contributed by atoms with Gasteiger partial charge < -0.3 is 15.7 Å². The van der Waals surface area contributed by atoms with Gasteiger partial charge in [0.1, 0.15) is 11.8 Å². The smallest absolute Gasteiger partial charge is 0.255 e. The summed E-state index contributed by atoms with van der Waals surface area (Å²) in [6, 6.07) is 28.2. The van der Waals surface area contributed by atoms with Crippen LogP contribution >= 0.6 is 11.3 Å². The fourth-order valence-corrected chi connectivity index (χ4v) is 4.55.